The van der Waals surface area contributed by atoms with Crippen LogP contribution in [-0.2, 0) is 25.7 Å². The summed E-state index contributed by atoms with van der Waals surface area (Å²) in [6.45, 7) is 4.14. The fraction of sp³-hybridized carbons (Fsp3) is 0.412. The van der Waals surface area contributed by atoms with Gasteiger partial charge in [0.1, 0.15) is 30.1 Å². The van der Waals surface area contributed by atoms with Gasteiger partial charge in [-0.25, -0.2) is 14.2 Å². The average Bonchev–Trinajstić information content (AvgIpc) is 3.82. The van der Waals surface area contributed by atoms with E-state index in [-0.39, 0.29) is 49.3 Å². The Morgan fingerprint density at radius 2 is 1.87 bits per heavy atom. The van der Waals surface area contributed by atoms with Gasteiger partial charge >= 0.3 is 6.09 Å². The molecular formula is C34H38FN5O5S. The zero-order chi connectivity index (χ0) is 32.8. The lowest BCUT2D eigenvalue weighted by Crippen LogP contribution is -2.58. The predicted molar refractivity (Wildman–Crippen MR) is 172 cm³/mol. The van der Waals surface area contributed by atoms with Crippen molar-refractivity contribution in [1.29, 1.82) is 0 Å². The second-order valence-corrected chi connectivity index (χ2v) is 12.3. The molecule has 6 atom stereocenters. The summed E-state index contributed by atoms with van der Waals surface area (Å²) in [6.07, 6.45) is 4.75. The lowest BCUT2D eigenvalue weighted by atomic mass is 9.96. The van der Waals surface area contributed by atoms with E-state index in [1.54, 1.807) is 42.8 Å². The number of ether oxygens (including phenoxy) is 2. The van der Waals surface area contributed by atoms with E-state index in [1.165, 1.54) is 23.5 Å². The second kappa shape index (κ2) is 14.9. The Hall–Kier alpha value is -4.31. The van der Waals surface area contributed by atoms with Gasteiger partial charge in [0.2, 0.25) is 11.8 Å². The van der Waals surface area contributed by atoms with Gasteiger partial charge in [0.15, 0.2) is 0 Å². The summed E-state index contributed by atoms with van der Waals surface area (Å²) in [5.41, 5.74) is 2.36. The minimum Gasteiger partial charge on any atom is -0.445 e. The van der Waals surface area contributed by atoms with Crippen molar-refractivity contribution in [1.82, 2.24) is 25.4 Å². The lowest BCUT2D eigenvalue weighted by molar-refractivity contribution is -0.141. The Balaban J connectivity index is 1.44. The van der Waals surface area contributed by atoms with E-state index in [4.69, 9.17) is 20.9 Å². The molecule has 0 bridgehead atoms. The third-order valence-corrected chi connectivity index (χ3v) is 9.54. The number of carbonyl (C=O) groups excluding carboxylic acids is 3. The summed E-state index contributed by atoms with van der Waals surface area (Å²) in [5, 5.41) is 8.37. The molecule has 46 heavy (non-hydrogen) atoms. The van der Waals surface area contributed by atoms with Crippen LogP contribution in [0.25, 0.3) is 10.6 Å². The molecule has 2 fully saturated rings. The number of thiazole rings is 1. The maximum Gasteiger partial charge on any atom is 0.410 e. The van der Waals surface area contributed by atoms with E-state index in [0.29, 0.717) is 18.0 Å². The van der Waals surface area contributed by atoms with E-state index in [1.807, 2.05) is 35.7 Å². The highest BCUT2D eigenvalue weighted by Crippen LogP contribution is 2.42. The molecule has 242 valence electrons. The SMILES string of the molecule is C#CCOC(C)[C@H](NC(=O)[C@H](C)NC)C(=O)N1CC[C@@H]2[C@H]1[C@@H](c1csc(-c3ccc(F)cc3)n1)CN2C(=O)OCc1ccccc1. The number of likely N-dealkylation sites (N-methyl/N-ethyl adjacent to an activating group) is 1. The largest absolute Gasteiger partial charge is 0.445 e. The van der Waals surface area contributed by atoms with Gasteiger partial charge in [0.05, 0.1) is 29.9 Å². The number of rotatable bonds is 11. The van der Waals surface area contributed by atoms with Crippen LogP contribution < -0.4 is 10.6 Å². The van der Waals surface area contributed by atoms with Gasteiger partial charge in [-0.15, -0.1) is 17.8 Å². The Labute approximate surface area is 272 Å². The smallest absolute Gasteiger partial charge is 0.410 e. The summed E-state index contributed by atoms with van der Waals surface area (Å²) in [6, 6.07) is 13.2. The number of hydrogen-bond acceptors (Lipinski definition) is 8. The maximum atomic E-state index is 14.3. The summed E-state index contributed by atoms with van der Waals surface area (Å²) in [7, 11) is 1.66. The molecule has 10 nitrogen and oxygen atoms in total. The van der Waals surface area contributed by atoms with Crippen molar-refractivity contribution in [2.24, 2.45) is 0 Å². The number of hydrogen-bond donors (Lipinski definition) is 2. The number of nitrogens with zero attached hydrogens (tertiary/aromatic N) is 3. The number of amides is 3. The number of aromatic nitrogens is 1. The normalized spacial score (nSPS) is 20.8. The number of likely N-dealkylation sites (tertiary alicyclic amines) is 2. The highest BCUT2D eigenvalue weighted by molar-refractivity contribution is 7.13. The topological polar surface area (TPSA) is 113 Å². The molecule has 1 aromatic heterocycles. The number of halogens is 1. The van der Waals surface area contributed by atoms with Crippen LogP contribution in [0.1, 0.15) is 37.4 Å². The third kappa shape index (κ3) is 7.22. The van der Waals surface area contributed by atoms with Crippen LogP contribution in [-0.4, -0.2) is 89.7 Å². The van der Waals surface area contributed by atoms with Crippen molar-refractivity contribution >= 4 is 29.2 Å². The van der Waals surface area contributed by atoms with Crippen molar-refractivity contribution in [3.8, 4) is 22.9 Å². The first-order chi connectivity index (χ1) is 22.2. The number of nitrogens with one attached hydrogen (secondary N) is 2. The third-order valence-electron chi connectivity index (χ3n) is 8.63. The fourth-order valence-corrected chi connectivity index (χ4v) is 6.93. The second-order valence-electron chi connectivity index (χ2n) is 11.5. The summed E-state index contributed by atoms with van der Waals surface area (Å²) >= 11 is 1.42. The Morgan fingerprint density at radius 3 is 2.57 bits per heavy atom. The molecule has 0 radical (unpaired) electrons. The van der Waals surface area contributed by atoms with Gasteiger partial charge < -0.3 is 29.9 Å². The minimum absolute atomic E-state index is 0.0247. The van der Waals surface area contributed by atoms with Gasteiger partial charge in [0, 0.05) is 30.0 Å². The monoisotopic (exact) mass is 647 g/mol. The first-order valence-corrected chi connectivity index (χ1v) is 16.1. The number of benzene rings is 2. The molecule has 0 aliphatic carbocycles. The number of fused-ring (bicyclic) bond motifs is 1. The number of carbonyl (C=O) groups is 3. The van der Waals surface area contributed by atoms with Crippen molar-refractivity contribution in [3.63, 3.8) is 0 Å². The van der Waals surface area contributed by atoms with E-state index < -0.39 is 30.3 Å². The zero-order valence-corrected chi connectivity index (χ0v) is 26.8. The Morgan fingerprint density at radius 1 is 1.13 bits per heavy atom. The van der Waals surface area contributed by atoms with Gasteiger partial charge in [-0.05, 0) is 57.1 Å². The molecule has 5 rings (SSSR count). The van der Waals surface area contributed by atoms with E-state index in [9.17, 15) is 18.8 Å². The number of terminal acetylenes is 1. The van der Waals surface area contributed by atoms with Crippen molar-refractivity contribution in [2.45, 2.75) is 63.1 Å². The minimum atomic E-state index is -1.01. The van der Waals surface area contributed by atoms with Crippen molar-refractivity contribution < 1.29 is 28.2 Å². The van der Waals surface area contributed by atoms with Crippen LogP contribution in [0.3, 0.4) is 0 Å². The summed E-state index contributed by atoms with van der Waals surface area (Å²) in [5.74, 6) is 1.06. The molecule has 3 heterocycles. The molecule has 2 aliphatic heterocycles. The standard InChI is InChI=1S/C34H38FN5O5S/c1-5-17-44-22(3)29(38-31(41)21(2)36-4)33(42)39-16-15-28-30(39)26(18-40(28)34(43)45-19-23-9-7-6-8-10-23)27-20-46-32(37-27)24-11-13-25(35)14-12-24/h1,6-14,20-22,26,28-30,36H,15-19H2,2-4H3,(H,38,41)/t21-,22?,26+,28+,29-,30+/m0/s1. The maximum absolute atomic E-state index is 14.3. The first-order valence-electron chi connectivity index (χ1n) is 15.2. The molecule has 1 unspecified atom stereocenters. The fourth-order valence-electron chi connectivity index (χ4n) is 6.04. The molecule has 2 N–H and O–H groups in total. The van der Waals surface area contributed by atoms with Crippen LogP contribution in [0.2, 0.25) is 0 Å². The van der Waals surface area contributed by atoms with Crippen molar-refractivity contribution in [3.05, 3.63) is 77.1 Å². The van der Waals surface area contributed by atoms with E-state index in [0.717, 1.165) is 16.8 Å². The van der Waals surface area contributed by atoms with E-state index >= 15 is 0 Å². The highest BCUT2D eigenvalue weighted by Gasteiger charge is 2.54. The van der Waals surface area contributed by atoms with Crippen LogP contribution in [0.4, 0.5) is 9.18 Å². The molecule has 2 saturated heterocycles. The van der Waals surface area contributed by atoms with Crippen LogP contribution in [0.5, 0.6) is 0 Å². The molecular weight excluding hydrogens is 609 g/mol. The summed E-state index contributed by atoms with van der Waals surface area (Å²) in [4.78, 5) is 49.1. The molecule has 2 aliphatic rings. The molecule has 12 heteroatoms. The lowest BCUT2D eigenvalue weighted by Gasteiger charge is -2.33. The van der Waals surface area contributed by atoms with Crippen LogP contribution in [0.15, 0.2) is 60.0 Å². The average molecular weight is 648 g/mol. The Bertz CT molecular complexity index is 1560. The zero-order valence-electron chi connectivity index (χ0n) is 26.0. The van der Waals surface area contributed by atoms with Crippen LogP contribution in [0, 0.1) is 18.2 Å². The summed E-state index contributed by atoms with van der Waals surface area (Å²) < 4.78 is 25.1. The van der Waals surface area contributed by atoms with Gasteiger partial charge in [-0.3, -0.25) is 9.59 Å². The predicted octanol–water partition coefficient (Wildman–Crippen LogP) is 3.79. The van der Waals surface area contributed by atoms with Crippen molar-refractivity contribution in [2.75, 3.05) is 26.7 Å². The first kappa shape index (κ1) is 33.1. The van der Waals surface area contributed by atoms with Crippen LogP contribution >= 0.6 is 11.3 Å². The molecule has 2 aromatic carbocycles. The van der Waals surface area contributed by atoms with Gasteiger partial charge in [-0.1, -0.05) is 36.3 Å². The van der Waals surface area contributed by atoms with E-state index in [2.05, 4.69) is 16.6 Å². The Kier molecular flexibility index (Phi) is 10.7. The highest BCUT2D eigenvalue weighted by atomic mass is 32.1. The molecule has 0 spiro atoms. The molecule has 0 saturated carbocycles. The molecule has 3 amide bonds. The quantitative estimate of drug-likeness (QED) is 0.305. The van der Waals surface area contributed by atoms with Gasteiger partial charge in [0.25, 0.3) is 0 Å². The van der Waals surface area contributed by atoms with Gasteiger partial charge in [-0.2, -0.15) is 0 Å². The molecule has 3 aromatic rings.